The van der Waals surface area contributed by atoms with Gasteiger partial charge in [0, 0.05) is 18.2 Å². The van der Waals surface area contributed by atoms with Gasteiger partial charge in [0.05, 0.1) is 12.7 Å². The van der Waals surface area contributed by atoms with E-state index in [4.69, 9.17) is 17.8 Å². The topological polar surface area (TPSA) is 106 Å². The zero-order valence-corrected chi connectivity index (χ0v) is 36.1. The van der Waals surface area contributed by atoms with E-state index in [1.165, 1.54) is 4.57 Å². The number of hydrogen-bond donors (Lipinski definition) is 0. The molecule has 0 amide bonds. The van der Waals surface area contributed by atoms with Gasteiger partial charge in [0.15, 0.2) is 16.6 Å². The first kappa shape index (κ1) is 41.6. The van der Waals surface area contributed by atoms with Crippen molar-refractivity contribution in [2.75, 3.05) is 6.61 Å². The van der Waals surface area contributed by atoms with Gasteiger partial charge in [-0.2, -0.15) is 13.4 Å². The predicted octanol–water partition coefficient (Wildman–Crippen LogP) is 9.39. The third-order valence-electron chi connectivity index (χ3n) is 10.8. The summed E-state index contributed by atoms with van der Waals surface area (Å²) in [5.41, 5.74) is 2.22. The Balaban J connectivity index is 2.01. The lowest BCUT2D eigenvalue weighted by Gasteiger charge is -2.40. The molecule has 0 unspecified atom stereocenters. The Hall–Kier alpha value is -1.84. The summed E-state index contributed by atoms with van der Waals surface area (Å²) >= 11 is 0. The second-order valence-corrected chi connectivity index (χ2v) is 28.9. The van der Waals surface area contributed by atoms with Crippen molar-refractivity contribution in [1.29, 1.82) is 0 Å². The summed E-state index contributed by atoms with van der Waals surface area (Å²) in [6.45, 7) is 36.2. The molecule has 2 heterocycles. The molecule has 1 aliphatic rings. The summed E-state index contributed by atoms with van der Waals surface area (Å²) in [4.78, 5) is 17.9. The average molecular weight is 737 g/mol. The molecule has 1 fully saturated rings. The molecular formula is C37H64N2O7SSi2. The van der Waals surface area contributed by atoms with E-state index in [2.05, 4.69) is 86.6 Å². The highest BCUT2D eigenvalue weighted by Crippen LogP contribution is 2.43. The molecule has 1 aromatic heterocycles. The van der Waals surface area contributed by atoms with Crippen LogP contribution in [0.15, 0.2) is 28.0 Å². The van der Waals surface area contributed by atoms with Crippen LogP contribution in [0.3, 0.4) is 0 Å². The van der Waals surface area contributed by atoms with Gasteiger partial charge < -0.3 is 17.8 Å². The van der Waals surface area contributed by atoms with Crippen molar-refractivity contribution in [1.82, 2.24) is 9.55 Å². The van der Waals surface area contributed by atoms with E-state index in [1.54, 1.807) is 13.1 Å². The molecule has 0 radical (unpaired) electrons. The Bertz CT molecular complexity index is 1620. The largest absolute Gasteiger partial charge is 0.414 e. The van der Waals surface area contributed by atoms with Gasteiger partial charge in [-0.05, 0) is 77.6 Å². The van der Waals surface area contributed by atoms with Crippen LogP contribution in [0.25, 0.3) is 0 Å². The Morgan fingerprint density at radius 2 is 1.41 bits per heavy atom. The van der Waals surface area contributed by atoms with E-state index in [-0.39, 0.29) is 50.8 Å². The summed E-state index contributed by atoms with van der Waals surface area (Å²) in [5.74, 6) is -0.141. The maximum absolute atomic E-state index is 14.0. The molecule has 49 heavy (non-hydrogen) atoms. The molecule has 0 spiro atoms. The van der Waals surface area contributed by atoms with Crippen molar-refractivity contribution in [3.63, 3.8) is 0 Å². The van der Waals surface area contributed by atoms with Crippen LogP contribution in [0.1, 0.15) is 136 Å². The minimum Gasteiger partial charge on any atom is -0.414 e. The van der Waals surface area contributed by atoms with Gasteiger partial charge in [-0.1, -0.05) is 95.2 Å². The van der Waals surface area contributed by atoms with E-state index in [1.807, 2.05) is 39.8 Å². The van der Waals surface area contributed by atoms with Crippen LogP contribution in [0, 0.1) is 6.92 Å². The van der Waals surface area contributed by atoms with Crippen molar-refractivity contribution in [3.05, 3.63) is 51.1 Å². The molecule has 1 aliphatic heterocycles. The average Bonchev–Trinajstić information content (AvgIpc) is 3.32. The Labute approximate surface area is 298 Å². The van der Waals surface area contributed by atoms with Crippen LogP contribution in [0.4, 0.5) is 0 Å². The molecular weight excluding hydrogens is 673 g/mol. The number of benzene rings is 1. The summed E-state index contributed by atoms with van der Waals surface area (Å²) in [5, 5.41) is 0.00657. The van der Waals surface area contributed by atoms with E-state index in [0.717, 1.165) is 5.56 Å². The quantitative estimate of drug-likeness (QED) is 0.157. The summed E-state index contributed by atoms with van der Waals surface area (Å²) < 4.78 is 55.3. The lowest BCUT2D eigenvalue weighted by atomic mass is 9.89. The van der Waals surface area contributed by atoms with Gasteiger partial charge >= 0.3 is 15.8 Å². The standard InChI is InChI=1S/C37H64N2O7SSi2/c1-23(2)27-18-28(24(3)4)33(29(19-27)25(5)6)47(41,42)45-34-26(7)21-39(35(40)38-34)32-20-30(46-49(16,17)37(11,12)13)31(44-32)22-43-48(14,15)36(8,9)10/h18-19,21,23-25,30-32H,20,22H2,1-17H3/t30-,31+,32+/m0/s1. The van der Waals surface area contributed by atoms with Crippen molar-refractivity contribution in [2.45, 2.75) is 174 Å². The molecule has 1 aromatic carbocycles. The Kier molecular flexibility index (Phi) is 12.4. The Morgan fingerprint density at radius 1 is 0.898 bits per heavy atom. The maximum Gasteiger partial charge on any atom is 0.353 e. The van der Waals surface area contributed by atoms with Gasteiger partial charge in [-0.25, -0.2) is 4.79 Å². The van der Waals surface area contributed by atoms with Crippen LogP contribution in [0.5, 0.6) is 5.88 Å². The molecule has 0 saturated carbocycles. The van der Waals surface area contributed by atoms with E-state index >= 15 is 0 Å². The Morgan fingerprint density at radius 3 is 1.86 bits per heavy atom. The smallest absolute Gasteiger partial charge is 0.353 e. The lowest BCUT2D eigenvalue weighted by Crippen LogP contribution is -2.48. The highest BCUT2D eigenvalue weighted by molar-refractivity contribution is 7.87. The molecule has 3 rings (SSSR count). The number of hydrogen-bond acceptors (Lipinski definition) is 8. The fourth-order valence-corrected chi connectivity index (χ4v) is 9.37. The molecule has 3 atom stereocenters. The van der Waals surface area contributed by atoms with E-state index in [0.29, 0.717) is 29.7 Å². The second-order valence-electron chi connectivity index (χ2n) is 17.8. The molecule has 9 nitrogen and oxygen atoms in total. The fourth-order valence-electron chi connectivity index (χ4n) is 5.37. The molecule has 0 aliphatic carbocycles. The summed E-state index contributed by atoms with van der Waals surface area (Å²) in [6.07, 6.45) is 0.706. The summed E-state index contributed by atoms with van der Waals surface area (Å²) in [6, 6.07) is 3.92. The molecule has 0 bridgehead atoms. The van der Waals surface area contributed by atoms with Gasteiger partial charge in [0.2, 0.25) is 5.88 Å². The highest BCUT2D eigenvalue weighted by atomic mass is 32.2. The van der Waals surface area contributed by atoms with Crippen molar-refractivity contribution in [3.8, 4) is 5.88 Å². The number of ether oxygens (including phenoxy) is 1. The van der Waals surface area contributed by atoms with Crippen molar-refractivity contribution < 1.29 is 26.2 Å². The molecule has 1 saturated heterocycles. The van der Waals surface area contributed by atoms with Gasteiger partial charge in [-0.15, -0.1) is 0 Å². The fraction of sp³-hybridized carbons (Fsp3) is 0.730. The second kappa shape index (κ2) is 14.7. The lowest BCUT2D eigenvalue weighted by molar-refractivity contribution is -0.0413. The monoisotopic (exact) mass is 736 g/mol. The molecule has 12 heteroatoms. The first-order valence-corrected chi connectivity index (χ1v) is 25.0. The normalized spacial score (nSPS) is 19.8. The van der Waals surface area contributed by atoms with Crippen LogP contribution in [-0.4, -0.2) is 53.4 Å². The minimum atomic E-state index is -4.33. The van der Waals surface area contributed by atoms with Gasteiger partial charge in [0.1, 0.15) is 17.2 Å². The first-order chi connectivity index (χ1) is 22.1. The van der Waals surface area contributed by atoms with Crippen LogP contribution in [0.2, 0.25) is 36.3 Å². The molecule has 0 N–H and O–H groups in total. The zero-order valence-electron chi connectivity index (χ0n) is 33.3. The van der Waals surface area contributed by atoms with Gasteiger partial charge in [-0.3, -0.25) is 4.57 Å². The first-order valence-electron chi connectivity index (χ1n) is 17.8. The highest BCUT2D eigenvalue weighted by Gasteiger charge is 2.47. The number of nitrogens with zero attached hydrogens (tertiary/aromatic N) is 2. The van der Waals surface area contributed by atoms with Crippen molar-refractivity contribution in [2.24, 2.45) is 0 Å². The third kappa shape index (κ3) is 9.34. The van der Waals surface area contributed by atoms with Crippen LogP contribution in [-0.2, 0) is 23.7 Å². The zero-order chi connectivity index (χ0) is 37.7. The molecule has 2 aromatic rings. The number of aryl methyl sites for hydroxylation is 1. The molecule has 278 valence electrons. The van der Waals surface area contributed by atoms with Gasteiger partial charge in [0.25, 0.3) is 0 Å². The number of aromatic nitrogens is 2. The predicted molar refractivity (Wildman–Crippen MR) is 204 cm³/mol. The summed E-state index contributed by atoms with van der Waals surface area (Å²) in [7, 11) is -8.62. The van der Waals surface area contributed by atoms with E-state index < -0.39 is 38.7 Å². The SMILES string of the molecule is Cc1cn([C@H]2C[C@H](O[Si](C)(C)C(C)(C)C)[C@@H](CO[Si](C)(C)C(C)(C)C)O2)c(=O)nc1OS(=O)(=O)c1c(C(C)C)cc(C(C)C)cc1C(C)C. The third-order valence-corrected chi connectivity index (χ3v) is 21.1. The minimum absolute atomic E-state index is 0.0185. The number of rotatable bonds is 12. The van der Waals surface area contributed by atoms with Crippen molar-refractivity contribution >= 4 is 26.8 Å². The maximum atomic E-state index is 14.0. The van der Waals surface area contributed by atoms with Crippen LogP contribution >= 0.6 is 0 Å². The van der Waals surface area contributed by atoms with E-state index in [9.17, 15) is 13.2 Å². The van der Waals surface area contributed by atoms with Crippen LogP contribution < -0.4 is 9.87 Å².